The fraction of sp³-hybridized carbons (Fsp3) is 0.182. The lowest BCUT2D eigenvalue weighted by Gasteiger charge is -2.35. The number of para-hydroxylation sites is 1. The number of carbonyl (C=O) groups excluding carboxylic acids is 1. The van der Waals surface area contributed by atoms with E-state index in [0.717, 1.165) is 12.8 Å². The molecule has 6 nitrogen and oxygen atoms in total. The van der Waals surface area contributed by atoms with Gasteiger partial charge in [0.25, 0.3) is 5.91 Å². The van der Waals surface area contributed by atoms with Crippen molar-refractivity contribution in [3.63, 3.8) is 0 Å². The number of thiazole rings is 1. The Bertz CT molecular complexity index is 1170. The second-order valence-electron chi connectivity index (χ2n) is 7.21. The molecule has 2 aromatic carbocycles. The fourth-order valence-corrected chi connectivity index (χ4v) is 4.32. The maximum absolute atomic E-state index is 14.6. The number of aromatic nitrogens is 4. The Morgan fingerprint density at radius 3 is 2.57 bits per heavy atom. The smallest absolute Gasteiger partial charge is 0.251 e. The van der Waals surface area contributed by atoms with Gasteiger partial charge >= 0.3 is 0 Å². The molecule has 0 spiro atoms. The van der Waals surface area contributed by atoms with E-state index >= 15 is 0 Å². The Kier molecular flexibility index (Phi) is 4.84. The number of benzene rings is 2. The summed E-state index contributed by atoms with van der Waals surface area (Å²) in [7, 11) is 0. The van der Waals surface area contributed by atoms with E-state index in [-0.39, 0.29) is 23.7 Å². The molecule has 0 atom stereocenters. The number of carbonyl (C=O) groups is 1. The van der Waals surface area contributed by atoms with Crippen LogP contribution in [0.4, 0.5) is 4.39 Å². The van der Waals surface area contributed by atoms with Crippen LogP contribution in [0.2, 0.25) is 0 Å². The molecule has 0 unspecified atom stereocenters. The lowest BCUT2D eigenvalue weighted by Crippen LogP contribution is -2.44. The Balaban J connectivity index is 1.40. The van der Waals surface area contributed by atoms with Crippen molar-refractivity contribution in [2.45, 2.75) is 24.8 Å². The number of rotatable bonds is 5. The molecule has 2 heterocycles. The van der Waals surface area contributed by atoms with E-state index < -0.39 is 0 Å². The average Bonchev–Trinajstić information content (AvgIpc) is 3.41. The first-order chi connectivity index (χ1) is 14.7. The highest BCUT2D eigenvalue weighted by Gasteiger charge is 2.36. The van der Waals surface area contributed by atoms with E-state index in [1.807, 2.05) is 23.6 Å². The van der Waals surface area contributed by atoms with Crippen molar-refractivity contribution >= 4 is 17.2 Å². The van der Waals surface area contributed by atoms with Crippen LogP contribution in [0.1, 0.15) is 34.9 Å². The van der Waals surface area contributed by atoms with Crippen LogP contribution in [0.15, 0.2) is 66.2 Å². The summed E-state index contributed by atoms with van der Waals surface area (Å²) in [5.74, 6) is 0.868. The third-order valence-electron chi connectivity index (χ3n) is 5.28. The quantitative estimate of drug-likeness (QED) is 0.526. The molecule has 150 valence electrons. The van der Waals surface area contributed by atoms with Crippen LogP contribution in [0, 0.1) is 5.82 Å². The van der Waals surface area contributed by atoms with Gasteiger partial charge in [-0.15, -0.1) is 21.5 Å². The fourth-order valence-electron chi connectivity index (χ4n) is 3.71. The van der Waals surface area contributed by atoms with Gasteiger partial charge in [0, 0.05) is 29.1 Å². The number of nitrogens with zero attached hydrogens (tertiary/aromatic N) is 4. The summed E-state index contributed by atoms with van der Waals surface area (Å²) in [4.78, 5) is 16.7. The third kappa shape index (κ3) is 3.39. The van der Waals surface area contributed by atoms with E-state index in [2.05, 4.69) is 20.5 Å². The average molecular weight is 419 g/mol. The number of hydrogen-bond acceptors (Lipinski definition) is 5. The molecule has 0 aliphatic heterocycles. The molecule has 1 saturated carbocycles. The van der Waals surface area contributed by atoms with Gasteiger partial charge in [-0.3, -0.25) is 9.36 Å². The minimum absolute atomic E-state index is 0.0526. The predicted molar refractivity (Wildman–Crippen MR) is 112 cm³/mol. The Morgan fingerprint density at radius 2 is 1.83 bits per heavy atom. The molecule has 1 aliphatic rings. The molecule has 0 bridgehead atoms. The molecule has 0 saturated heterocycles. The van der Waals surface area contributed by atoms with E-state index in [1.54, 1.807) is 41.1 Å². The van der Waals surface area contributed by atoms with Crippen LogP contribution < -0.4 is 5.32 Å². The first kappa shape index (κ1) is 18.6. The molecule has 0 radical (unpaired) electrons. The Hall–Kier alpha value is -3.39. The Labute approximate surface area is 176 Å². The van der Waals surface area contributed by atoms with Crippen LogP contribution >= 0.6 is 11.3 Å². The SMILES string of the molecule is O=C(NC1CC(c2nnc(-c3nccs3)n2-c2ccccc2F)C1)c1ccccc1. The van der Waals surface area contributed by atoms with Crippen molar-refractivity contribution in [1.82, 2.24) is 25.1 Å². The highest BCUT2D eigenvalue weighted by atomic mass is 32.1. The summed E-state index contributed by atoms with van der Waals surface area (Å²) in [6, 6.07) is 15.8. The predicted octanol–water partition coefficient (Wildman–Crippen LogP) is 4.21. The third-order valence-corrected chi connectivity index (χ3v) is 6.05. The van der Waals surface area contributed by atoms with Crippen molar-refractivity contribution in [2.24, 2.45) is 0 Å². The van der Waals surface area contributed by atoms with Crippen molar-refractivity contribution < 1.29 is 9.18 Å². The topological polar surface area (TPSA) is 72.7 Å². The zero-order valence-corrected chi connectivity index (χ0v) is 16.7. The minimum atomic E-state index is -0.343. The second-order valence-corrected chi connectivity index (χ2v) is 8.11. The summed E-state index contributed by atoms with van der Waals surface area (Å²) in [6.45, 7) is 0. The molecular weight excluding hydrogens is 401 g/mol. The van der Waals surface area contributed by atoms with Crippen LogP contribution in [0.25, 0.3) is 16.5 Å². The zero-order chi connectivity index (χ0) is 20.5. The molecule has 8 heteroatoms. The molecule has 1 fully saturated rings. The maximum atomic E-state index is 14.6. The monoisotopic (exact) mass is 419 g/mol. The molecule has 30 heavy (non-hydrogen) atoms. The number of hydrogen-bond donors (Lipinski definition) is 1. The van der Waals surface area contributed by atoms with Gasteiger partial charge < -0.3 is 5.32 Å². The van der Waals surface area contributed by atoms with Crippen molar-refractivity contribution in [3.8, 4) is 16.5 Å². The van der Waals surface area contributed by atoms with E-state index in [9.17, 15) is 9.18 Å². The molecule has 4 aromatic rings. The van der Waals surface area contributed by atoms with Gasteiger partial charge in [-0.05, 0) is 37.1 Å². The minimum Gasteiger partial charge on any atom is -0.349 e. The van der Waals surface area contributed by atoms with Gasteiger partial charge in [0.05, 0.1) is 5.69 Å². The number of amides is 1. The van der Waals surface area contributed by atoms with Gasteiger partial charge in [0.1, 0.15) is 11.6 Å². The molecule has 1 aliphatic carbocycles. The van der Waals surface area contributed by atoms with Gasteiger partial charge in [0.15, 0.2) is 10.8 Å². The van der Waals surface area contributed by atoms with Gasteiger partial charge in [-0.25, -0.2) is 9.37 Å². The molecule has 5 rings (SSSR count). The van der Waals surface area contributed by atoms with Gasteiger partial charge in [-0.1, -0.05) is 30.3 Å². The molecule has 1 N–H and O–H groups in total. The van der Waals surface area contributed by atoms with E-state index in [1.165, 1.54) is 17.4 Å². The van der Waals surface area contributed by atoms with Crippen LogP contribution in [0.3, 0.4) is 0 Å². The first-order valence-electron chi connectivity index (χ1n) is 9.66. The summed E-state index contributed by atoms with van der Waals surface area (Å²) >= 11 is 1.43. The summed E-state index contributed by atoms with van der Waals surface area (Å²) in [6.07, 6.45) is 3.14. The van der Waals surface area contributed by atoms with Gasteiger partial charge in [0.2, 0.25) is 0 Å². The lowest BCUT2D eigenvalue weighted by atomic mass is 9.79. The van der Waals surface area contributed by atoms with Crippen molar-refractivity contribution in [3.05, 3.63) is 83.4 Å². The zero-order valence-electron chi connectivity index (χ0n) is 15.9. The number of halogens is 1. The maximum Gasteiger partial charge on any atom is 0.251 e. The summed E-state index contributed by atoms with van der Waals surface area (Å²) in [5.41, 5.74) is 1.04. The normalized spacial score (nSPS) is 18.0. The van der Waals surface area contributed by atoms with Crippen molar-refractivity contribution in [2.75, 3.05) is 0 Å². The highest BCUT2D eigenvalue weighted by molar-refractivity contribution is 7.13. The largest absolute Gasteiger partial charge is 0.349 e. The first-order valence-corrected chi connectivity index (χ1v) is 10.5. The van der Waals surface area contributed by atoms with Crippen LogP contribution in [0.5, 0.6) is 0 Å². The second kappa shape index (κ2) is 7.79. The molecule has 1 amide bonds. The van der Waals surface area contributed by atoms with E-state index in [0.29, 0.717) is 27.9 Å². The summed E-state index contributed by atoms with van der Waals surface area (Å²) in [5, 5.41) is 14.3. The standard InChI is InChI=1S/C22H18FN5OS/c23-17-8-4-5-9-18(17)28-19(26-27-20(28)22-24-10-11-30-22)15-12-16(13-15)25-21(29)14-6-2-1-3-7-14/h1-11,15-16H,12-13H2,(H,25,29). The Morgan fingerprint density at radius 1 is 1.07 bits per heavy atom. The highest BCUT2D eigenvalue weighted by Crippen LogP contribution is 2.39. The van der Waals surface area contributed by atoms with E-state index in [4.69, 9.17) is 0 Å². The lowest BCUT2D eigenvalue weighted by molar-refractivity contribution is 0.0907. The van der Waals surface area contributed by atoms with Crippen LogP contribution in [-0.4, -0.2) is 31.7 Å². The van der Waals surface area contributed by atoms with Gasteiger partial charge in [-0.2, -0.15) is 0 Å². The number of nitrogens with one attached hydrogen (secondary N) is 1. The van der Waals surface area contributed by atoms with Crippen molar-refractivity contribution in [1.29, 1.82) is 0 Å². The molecular formula is C22H18FN5OS. The van der Waals surface area contributed by atoms with Crippen LogP contribution in [-0.2, 0) is 0 Å². The molecule has 2 aromatic heterocycles. The summed E-state index contributed by atoms with van der Waals surface area (Å²) < 4.78 is 16.4.